The molecule has 3 aromatic rings. The van der Waals surface area contributed by atoms with Crippen molar-refractivity contribution in [2.45, 2.75) is 32.2 Å². The van der Waals surface area contributed by atoms with Gasteiger partial charge in [-0.25, -0.2) is 0 Å². The summed E-state index contributed by atoms with van der Waals surface area (Å²) in [6.45, 7) is 0.882. The van der Waals surface area contributed by atoms with E-state index in [9.17, 15) is 14.9 Å². The fourth-order valence-electron chi connectivity index (χ4n) is 3.74. The Morgan fingerprint density at radius 3 is 2.80 bits per heavy atom. The van der Waals surface area contributed by atoms with Crippen LogP contribution in [0.15, 0.2) is 42.6 Å². The molecule has 1 N–H and O–H groups in total. The van der Waals surface area contributed by atoms with E-state index in [2.05, 4.69) is 10.3 Å². The van der Waals surface area contributed by atoms with Crippen LogP contribution in [0.25, 0.3) is 11.4 Å². The molecule has 0 saturated carbocycles. The predicted molar refractivity (Wildman–Crippen MR) is 113 cm³/mol. The molecule has 8 nitrogen and oxygen atoms in total. The maximum Gasteiger partial charge on any atom is 0.270 e. The van der Waals surface area contributed by atoms with E-state index >= 15 is 0 Å². The first kappa shape index (κ1) is 20.0. The van der Waals surface area contributed by atoms with Gasteiger partial charge in [-0.1, -0.05) is 17.7 Å². The molecule has 0 saturated heterocycles. The van der Waals surface area contributed by atoms with Crippen LogP contribution in [-0.2, 0) is 19.4 Å². The molecule has 154 valence electrons. The first-order chi connectivity index (χ1) is 14.5. The van der Waals surface area contributed by atoms with E-state index in [0.29, 0.717) is 13.1 Å². The summed E-state index contributed by atoms with van der Waals surface area (Å²) in [6.07, 6.45) is 5.94. The van der Waals surface area contributed by atoms with Gasteiger partial charge in [0.1, 0.15) is 5.69 Å². The number of nitrogens with one attached hydrogen (secondary N) is 1. The van der Waals surface area contributed by atoms with Crippen molar-refractivity contribution in [2.75, 3.05) is 6.54 Å². The fourth-order valence-corrected chi connectivity index (χ4v) is 4.00. The van der Waals surface area contributed by atoms with Crippen molar-refractivity contribution in [3.05, 3.63) is 74.6 Å². The molecule has 2 aromatic heterocycles. The largest absolute Gasteiger partial charge is 0.350 e. The molecule has 0 bridgehead atoms. The Kier molecular flexibility index (Phi) is 5.76. The Bertz CT molecular complexity index is 1100. The Morgan fingerprint density at radius 2 is 2.07 bits per heavy atom. The highest BCUT2D eigenvalue weighted by Gasteiger charge is 2.22. The van der Waals surface area contributed by atoms with E-state index in [1.54, 1.807) is 6.20 Å². The number of non-ortho nitro benzene ring substituents is 1. The number of pyridine rings is 1. The van der Waals surface area contributed by atoms with Crippen molar-refractivity contribution in [1.82, 2.24) is 20.1 Å². The predicted octanol–water partition coefficient (Wildman–Crippen LogP) is 3.82. The van der Waals surface area contributed by atoms with Gasteiger partial charge in [-0.2, -0.15) is 5.10 Å². The second-order valence-electron chi connectivity index (χ2n) is 7.10. The van der Waals surface area contributed by atoms with Gasteiger partial charge in [0, 0.05) is 36.1 Å². The van der Waals surface area contributed by atoms with Crippen LogP contribution in [0.3, 0.4) is 0 Å². The molecule has 0 radical (unpaired) electrons. The lowest BCUT2D eigenvalue weighted by atomic mass is 9.95. The van der Waals surface area contributed by atoms with Gasteiger partial charge in [0.05, 0.1) is 27.7 Å². The number of carbonyl (C=O) groups is 1. The van der Waals surface area contributed by atoms with Crippen LogP contribution in [0.5, 0.6) is 0 Å². The van der Waals surface area contributed by atoms with Crippen LogP contribution in [0.2, 0.25) is 5.02 Å². The molecule has 30 heavy (non-hydrogen) atoms. The van der Waals surface area contributed by atoms with Gasteiger partial charge < -0.3 is 5.32 Å². The summed E-state index contributed by atoms with van der Waals surface area (Å²) in [5, 5.41) is 18.5. The number of amides is 1. The summed E-state index contributed by atoms with van der Waals surface area (Å²) in [7, 11) is 0. The summed E-state index contributed by atoms with van der Waals surface area (Å²) in [6, 6.07) is 9.60. The van der Waals surface area contributed by atoms with Crippen LogP contribution < -0.4 is 5.32 Å². The minimum absolute atomic E-state index is 0.0515. The number of nitrogens with zero attached hydrogens (tertiary/aromatic N) is 4. The van der Waals surface area contributed by atoms with Gasteiger partial charge in [-0.15, -0.1) is 0 Å². The number of fused-ring (bicyclic) bond motifs is 1. The number of aromatic nitrogens is 3. The zero-order chi connectivity index (χ0) is 21.1. The minimum Gasteiger partial charge on any atom is -0.350 e. The van der Waals surface area contributed by atoms with Crippen LogP contribution in [0.1, 0.15) is 34.5 Å². The third-order valence-electron chi connectivity index (χ3n) is 5.18. The Balaban J connectivity index is 1.47. The molecule has 1 aliphatic carbocycles. The van der Waals surface area contributed by atoms with Crippen LogP contribution in [-0.4, -0.2) is 32.1 Å². The third kappa shape index (κ3) is 4.04. The van der Waals surface area contributed by atoms with Gasteiger partial charge in [0.25, 0.3) is 11.6 Å². The molecule has 0 atom stereocenters. The zero-order valence-electron chi connectivity index (χ0n) is 16.2. The van der Waals surface area contributed by atoms with Gasteiger partial charge in [0.2, 0.25) is 0 Å². The maximum absolute atomic E-state index is 12.4. The van der Waals surface area contributed by atoms with Crippen molar-refractivity contribution in [3.63, 3.8) is 0 Å². The van der Waals surface area contributed by atoms with E-state index in [-0.39, 0.29) is 22.2 Å². The molecule has 1 amide bonds. The summed E-state index contributed by atoms with van der Waals surface area (Å²) < 4.78 is 1.95. The molecule has 0 fully saturated rings. The number of carbonyl (C=O) groups excluding carboxylic acids is 1. The lowest BCUT2D eigenvalue weighted by Gasteiger charge is -2.14. The number of rotatable bonds is 6. The van der Waals surface area contributed by atoms with Crippen molar-refractivity contribution in [2.24, 2.45) is 0 Å². The Morgan fingerprint density at radius 1 is 1.23 bits per heavy atom. The summed E-state index contributed by atoms with van der Waals surface area (Å²) in [4.78, 5) is 27.2. The second-order valence-corrected chi connectivity index (χ2v) is 7.50. The molecule has 0 aliphatic heterocycles. The number of halogens is 1. The lowest BCUT2D eigenvalue weighted by Crippen LogP contribution is -2.28. The number of benzene rings is 1. The molecule has 4 rings (SSSR count). The van der Waals surface area contributed by atoms with Crippen molar-refractivity contribution in [1.29, 1.82) is 0 Å². The molecule has 9 heteroatoms. The first-order valence-electron chi connectivity index (χ1n) is 9.76. The molecule has 2 heterocycles. The van der Waals surface area contributed by atoms with Gasteiger partial charge >= 0.3 is 0 Å². The average molecular weight is 426 g/mol. The van der Waals surface area contributed by atoms with E-state index in [4.69, 9.17) is 16.7 Å². The molecule has 1 aromatic carbocycles. The smallest absolute Gasteiger partial charge is 0.270 e. The highest BCUT2D eigenvalue weighted by molar-refractivity contribution is 6.34. The fraction of sp³-hybridized carbons (Fsp3) is 0.286. The average Bonchev–Trinajstić information content (AvgIpc) is 3.13. The van der Waals surface area contributed by atoms with Crippen LogP contribution in [0, 0.1) is 10.1 Å². The third-order valence-corrected chi connectivity index (χ3v) is 5.49. The van der Waals surface area contributed by atoms with E-state index in [0.717, 1.165) is 37.1 Å². The zero-order valence-corrected chi connectivity index (χ0v) is 16.9. The Labute approximate surface area is 178 Å². The highest BCUT2D eigenvalue weighted by atomic mass is 35.5. The van der Waals surface area contributed by atoms with E-state index in [1.807, 2.05) is 22.9 Å². The number of nitro groups is 1. The summed E-state index contributed by atoms with van der Waals surface area (Å²) in [5.41, 5.74) is 4.26. The Hall–Kier alpha value is -3.26. The monoisotopic (exact) mass is 425 g/mol. The van der Waals surface area contributed by atoms with E-state index < -0.39 is 4.92 Å². The van der Waals surface area contributed by atoms with Gasteiger partial charge in [0.15, 0.2) is 0 Å². The van der Waals surface area contributed by atoms with Crippen molar-refractivity contribution < 1.29 is 9.72 Å². The summed E-state index contributed by atoms with van der Waals surface area (Å²) >= 11 is 6.04. The highest BCUT2D eigenvalue weighted by Crippen LogP contribution is 2.30. The quantitative estimate of drug-likeness (QED) is 0.477. The van der Waals surface area contributed by atoms with Gasteiger partial charge in [-0.3, -0.25) is 24.6 Å². The molecular formula is C21H20ClN5O3. The SMILES string of the molecule is O=C(NCCn1nc(-c2ccccn2)c2c1CCCC2)c1ccc([N+](=O)[O-])cc1Cl. The molecule has 0 spiro atoms. The van der Waals surface area contributed by atoms with E-state index in [1.165, 1.54) is 29.5 Å². The molecule has 0 unspecified atom stereocenters. The van der Waals surface area contributed by atoms with Crippen molar-refractivity contribution in [3.8, 4) is 11.4 Å². The minimum atomic E-state index is -0.548. The van der Waals surface area contributed by atoms with Crippen LogP contribution >= 0.6 is 11.6 Å². The maximum atomic E-state index is 12.4. The topological polar surface area (TPSA) is 103 Å². The standard InChI is InChI=1S/C21H20ClN5O3/c22-17-13-14(27(29)30)8-9-15(17)21(28)24-11-12-26-19-7-2-1-5-16(19)20(25-26)18-6-3-4-10-23-18/h3-4,6,8-10,13H,1-2,5,7,11-12H2,(H,24,28). The second kappa shape index (κ2) is 8.62. The lowest BCUT2D eigenvalue weighted by molar-refractivity contribution is -0.384. The summed E-state index contributed by atoms with van der Waals surface area (Å²) in [5.74, 6) is -0.374. The first-order valence-corrected chi connectivity index (χ1v) is 10.1. The van der Waals surface area contributed by atoms with Crippen molar-refractivity contribution >= 4 is 23.2 Å². The normalized spacial score (nSPS) is 13.0. The van der Waals surface area contributed by atoms with Crippen LogP contribution in [0.4, 0.5) is 5.69 Å². The number of hydrogen-bond donors (Lipinski definition) is 1. The van der Waals surface area contributed by atoms with Gasteiger partial charge in [-0.05, 0) is 43.9 Å². The number of hydrogen-bond acceptors (Lipinski definition) is 5. The number of nitro benzene ring substituents is 1. The molecule has 1 aliphatic rings. The molecular weight excluding hydrogens is 406 g/mol.